The highest BCUT2D eigenvalue weighted by molar-refractivity contribution is 6.14. The Balaban J connectivity index is 1.80. The lowest BCUT2D eigenvalue weighted by atomic mass is 10.0. The van der Waals surface area contributed by atoms with Gasteiger partial charge in [0.25, 0.3) is 11.8 Å². The Bertz CT molecular complexity index is 1160. The molecule has 0 saturated heterocycles. The molecular weight excluding hydrogens is 412 g/mol. The Hall–Kier alpha value is -3.68. The fourth-order valence-corrected chi connectivity index (χ4v) is 3.74. The van der Waals surface area contributed by atoms with E-state index < -0.39 is 52.3 Å². The normalized spacial score (nSPS) is 15.6. The minimum absolute atomic E-state index is 0.133. The Labute approximate surface area is 175 Å². The average Bonchev–Trinajstić information content (AvgIpc) is 2.72. The molecule has 3 aromatic carbocycles. The van der Waals surface area contributed by atoms with Crippen molar-refractivity contribution in [3.8, 4) is 0 Å². The van der Waals surface area contributed by atoms with E-state index in [4.69, 9.17) is 0 Å². The smallest absolute Gasteiger partial charge is 0.264 e. The summed E-state index contributed by atoms with van der Waals surface area (Å²) in [4.78, 5) is 28.5. The molecule has 0 N–H and O–H groups in total. The van der Waals surface area contributed by atoms with E-state index in [1.54, 1.807) is 19.1 Å². The zero-order valence-electron chi connectivity index (χ0n) is 16.3. The Kier molecular flexibility index (Phi) is 5.22. The molecule has 31 heavy (non-hydrogen) atoms. The van der Waals surface area contributed by atoms with E-state index in [1.165, 1.54) is 17.0 Å². The minimum atomic E-state index is -1.01. The molecule has 158 valence electrons. The van der Waals surface area contributed by atoms with E-state index in [-0.39, 0.29) is 17.9 Å². The second kappa shape index (κ2) is 7.86. The summed E-state index contributed by atoms with van der Waals surface area (Å²) < 4.78 is 56.9. The standard InChI is InChI=1S/C23H16F4N2O2/c1-13-12-28(22(30)20-14(24)6-4-7-15(20)25)18-10-2-3-11-19(18)29(13)23(31)21-16(26)8-5-9-17(21)27/h2-11,13H,12H2,1H3/t13-/m0/s1. The number of anilines is 2. The van der Waals surface area contributed by atoms with E-state index in [1.807, 2.05) is 0 Å². The molecule has 2 amide bonds. The molecule has 3 aromatic rings. The van der Waals surface area contributed by atoms with E-state index in [2.05, 4.69) is 0 Å². The number of benzene rings is 3. The number of para-hydroxylation sites is 2. The quantitative estimate of drug-likeness (QED) is 0.543. The molecule has 1 aliphatic heterocycles. The van der Waals surface area contributed by atoms with Crippen LogP contribution in [0.5, 0.6) is 0 Å². The Morgan fingerprint density at radius 3 is 1.68 bits per heavy atom. The number of hydrogen-bond acceptors (Lipinski definition) is 2. The molecule has 4 rings (SSSR count). The van der Waals surface area contributed by atoms with Crippen LogP contribution in [0.15, 0.2) is 60.7 Å². The van der Waals surface area contributed by atoms with Crippen molar-refractivity contribution in [2.75, 3.05) is 16.3 Å². The van der Waals surface area contributed by atoms with Gasteiger partial charge >= 0.3 is 0 Å². The van der Waals surface area contributed by atoms with Gasteiger partial charge in [-0.05, 0) is 43.3 Å². The van der Waals surface area contributed by atoms with Gasteiger partial charge in [-0.15, -0.1) is 0 Å². The lowest BCUT2D eigenvalue weighted by Crippen LogP contribution is -2.52. The SMILES string of the molecule is C[C@H]1CN(C(=O)c2c(F)cccc2F)c2ccccc2N1C(=O)c1c(F)cccc1F. The molecule has 0 unspecified atom stereocenters. The number of hydrogen-bond donors (Lipinski definition) is 0. The number of fused-ring (bicyclic) bond motifs is 1. The second-order valence-corrected chi connectivity index (χ2v) is 7.12. The number of amides is 2. The van der Waals surface area contributed by atoms with Gasteiger partial charge in [0.05, 0.1) is 17.4 Å². The molecular formula is C23H16F4N2O2. The molecule has 0 aromatic heterocycles. The molecule has 4 nitrogen and oxygen atoms in total. The van der Waals surface area contributed by atoms with Gasteiger partial charge in [0.2, 0.25) is 0 Å². The first-order valence-corrected chi connectivity index (χ1v) is 9.43. The maximum absolute atomic E-state index is 14.2. The molecule has 0 saturated carbocycles. The predicted octanol–water partition coefficient (Wildman–Crippen LogP) is 4.94. The zero-order valence-corrected chi connectivity index (χ0v) is 16.3. The first kappa shape index (κ1) is 20.6. The fourth-order valence-electron chi connectivity index (χ4n) is 3.74. The molecule has 1 heterocycles. The van der Waals surface area contributed by atoms with Crippen LogP contribution in [0.3, 0.4) is 0 Å². The first-order chi connectivity index (χ1) is 14.8. The van der Waals surface area contributed by atoms with Crippen molar-refractivity contribution in [1.29, 1.82) is 0 Å². The van der Waals surface area contributed by atoms with Crippen LogP contribution in [0.25, 0.3) is 0 Å². The van der Waals surface area contributed by atoms with Crippen molar-refractivity contribution in [3.05, 3.63) is 95.1 Å². The zero-order chi connectivity index (χ0) is 22.3. The topological polar surface area (TPSA) is 40.6 Å². The van der Waals surface area contributed by atoms with Gasteiger partial charge in [-0.3, -0.25) is 9.59 Å². The van der Waals surface area contributed by atoms with Crippen LogP contribution in [0, 0.1) is 23.3 Å². The molecule has 0 radical (unpaired) electrons. The third kappa shape index (κ3) is 3.43. The lowest BCUT2D eigenvalue weighted by Gasteiger charge is -2.41. The van der Waals surface area contributed by atoms with Crippen LogP contribution in [0.4, 0.5) is 28.9 Å². The Morgan fingerprint density at radius 1 is 0.710 bits per heavy atom. The monoisotopic (exact) mass is 428 g/mol. The van der Waals surface area contributed by atoms with E-state index in [0.717, 1.165) is 41.3 Å². The van der Waals surface area contributed by atoms with Crippen molar-refractivity contribution in [1.82, 2.24) is 0 Å². The largest absolute Gasteiger partial charge is 0.304 e. The summed E-state index contributed by atoms with van der Waals surface area (Å²) in [6.45, 7) is 1.44. The number of carbonyl (C=O) groups excluding carboxylic acids is 2. The first-order valence-electron chi connectivity index (χ1n) is 9.43. The molecule has 1 aliphatic rings. The highest BCUT2D eigenvalue weighted by Crippen LogP contribution is 2.38. The number of halogens is 4. The van der Waals surface area contributed by atoms with Crippen molar-refractivity contribution in [2.45, 2.75) is 13.0 Å². The summed E-state index contributed by atoms with van der Waals surface area (Å²) in [5.41, 5.74) is -1.05. The van der Waals surface area contributed by atoms with Crippen molar-refractivity contribution < 1.29 is 27.2 Å². The summed E-state index contributed by atoms with van der Waals surface area (Å²) in [6, 6.07) is 11.6. The highest BCUT2D eigenvalue weighted by Gasteiger charge is 2.38. The van der Waals surface area contributed by atoms with Gasteiger partial charge in [-0.25, -0.2) is 17.6 Å². The molecule has 0 fully saturated rings. The lowest BCUT2D eigenvalue weighted by molar-refractivity contribution is 0.0943. The van der Waals surface area contributed by atoms with Crippen LogP contribution in [-0.4, -0.2) is 24.4 Å². The minimum Gasteiger partial charge on any atom is -0.304 e. The van der Waals surface area contributed by atoms with Crippen LogP contribution < -0.4 is 9.80 Å². The molecule has 0 spiro atoms. The van der Waals surface area contributed by atoms with Crippen LogP contribution in [0.1, 0.15) is 27.6 Å². The van der Waals surface area contributed by atoms with Gasteiger partial charge in [0.1, 0.15) is 34.4 Å². The molecule has 0 aliphatic carbocycles. The third-order valence-electron chi connectivity index (χ3n) is 5.14. The fraction of sp³-hybridized carbons (Fsp3) is 0.130. The molecule has 0 bridgehead atoms. The van der Waals surface area contributed by atoms with Gasteiger partial charge in [-0.2, -0.15) is 0 Å². The van der Waals surface area contributed by atoms with Crippen LogP contribution in [-0.2, 0) is 0 Å². The van der Waals surface area contributed by atoms with Crippen LogP contribution >= 0.6 is 0 Å². The van der Waals surface area contributed by atoms with Gasteiger partial charge < -0.3 is 9.80 Å². The average molecular weight is 428 g/mol. The summed E-state index contributed by atoms with van der Waals surface area (Å²) in [5.74, 6) is -5.88. The van der Waals surface area contributed by atoms with E-state index >= 15 is 0 Å². The second-order valence-electron chi connectivity index (χ2n) is 7.12. The summed E-state index contributed by atoms with van der Waals surface area (Å²) >= 11 is 0. The van der Waals surface area contributed by atoms with Gasteiger partial charge in [0, 0.05) is 6.54 Å². The summed E-state index contributed by atoms with van der Waals surface area (Å²) in [6.07, 6.45) is 0. The maximum Gasteiger partial charge on any atom is 0.264 e. The van der Waals surface area contributed by atoms with E-state index in [0.29, 0.717) is 0 Å². The van der Waals surface area contributed by atoms with Crippen molar-refractivity contribution >= 4 is 23.2 Å². The van der Waals surface area contributed by atoms with Crippen molar-refractivity contribution in [3.63, 3.8) is 0 Å². The van der Waals surface area contributed by atoms with Gasteiger partial charge in [0.15, 0.2) is 0 Å². The number of rotatable bonds is 2. The Morgan fingerprint density at radius 2 is 1.16 bits per heavy atom. The van der Waals surface area contributed by atoms with Crippen molar-refractivity contribution in [2.24, 2.45) is 0 Å². The number of nitrogens with zero attached hydrogens (tertiary/aromatic N) is 2. The summed E-state index contributed by atoms with van der Waals surface area (Å²) in [5, 5.41) is 0. The third-order valence-corrected chi connectivity index (χ3v) is 5.14. The molecule has 1 atom stereocenters. The highest BCUT2D eigenvalue weighted by atomic mass is 19.1. The van der Waals surface area contributed by atoms with E-state index in [9.17, 15) is 27.2 Å². The maximum atomic E-state index is 14.2. The predicted molar refractivity (Wildman–Crippen MR) is 107 cm³/mol. The van der Waals surface area contributed by atoms with Gasteiger partial charge in [-0.1, -0.05) is 24.3 Å². The van der Waals surface area contributed by atoms with Crippen LogP contribution in [0.2, 0.25) is 0 Å². The summed E-state index contributed by atoms with van der Waals surface area (Å²) in [7, 11) is 0. The molecule has 8 heteroatoms. The number of carbonyl (C=O) groups is 2.